The lowest BCUT2D eigenvalue weighted by Crippen LogP contribution is -1.76. The van der Waals surface area contributed by atoms with E-state index in [1.165, 1.54) is 14.6 Å². The third kappa shape index (κ3) is 2.23. The predicted molar refractivity (Wildman–Crippen MR) is 62.1 cm³/mol. The molecule has 2 aromatic rings. The van der Waals surface area contributed by atoms with Crippen molar-refractivity contribution in [1.29, 1.82) is 0 Å². The van der Waals surface area contributed by atoms with Gasteiger partial charge in [-0.2, -0.15) is 0 Å². The maximum atomic E-state index is 8.93. The minimum absolute atomic E-state index is 0.161. The monoisotopic (exact) mass is 224 g/mol. The zero-order chi connectivity index (χ0) is 9.97. The predicted octanol–water partition coefficient (Wildman–Crippen LogP) is 3.20. The highest BCUT2D eigenvalue weighted by Crippen LogP contribution is 2.23. The van der Waals surface area contributed by atoms with Crippen molar-refractivity contribution in [2.45, 2.75) is 20.0 Å². The fraction of sp³-hybridized carbons (Fsp3) is 0.273. The highest BCUT2D eigenvalue weighted by Gasteiger charge is 2.02. The summed E-state index contributed by atoms with van der Waals surface area (Å²) in [6.45, 7) is 2.29. The molecule has 0 aromatic carbocycles. The first-order valence-electron chi connectivity index (χ1n) is 4.51. The van der Waals surface area contributed by atoms with Crippen molar-refractivity contribution < 1.29 is 5.11 Å². The largest absolute Gasteiger partial charge is 0.391 e. The first-order chi connectivity index (χ1) is 6.78. The normalized spacial score (nSPS) is 10.7. The Morgan fingerprint density at radius 3 is 2.21 bits per heavy atom. The minimum Gasteiger partial charge on any atom is -0.391 e. The second-order valence-electron chi connectivity index (χ2n) is 3.22. The molecule has 0 atom stereocenters. The molecule has 74 valence electrons. The first kappa shape index (κ1) is 9.90. The van der Waals surface area contributed by atoms with Crippen LogP contribution in [0.1, 0.15) is 19.5 Å². The van der Waals surface area contributed by atoms with Crippen LogP contribution in [0.25, 0.3) is 0 Å². The van der Waals surface area contributed by atoms with E-state index in [1.807, 2.05) is 17.4 Å². The Hall–Kier alpha value is -0.640. The van der Waals surface area contributed by atoms with E-state index in [0.29, 0.717) is 0 Å². The summed E-state index contributed by atoms with van der Waals surface area (Å²) in [6.07, 6.45) is 1.00. The van der Waals surface area contributed by atoms with Crippen molar-refractivity contribution in [2.75, 3.05) is 0 Å². The molecule has 0 unspecified atom stereocenters. The molecule has 2 rings (SSSR count). The first-order valence-corrected chi connectivity index (χ1v) is 6.15. The Morgan fingerprint density at radius 2 is 1.64 bits per heavy atom. The van der Waals surface area contributed by atoms with Gasteiger partial charge in [0.2, 0.25) is 0 Å². The average molecular weight is 224 g/mol. The molecule has 2 aromatic heterocycles. The molecule has 0 fully saturated rings. The highest BCUT2D eigenvalue weighted by atomic mass is 32.1. The van der Waals surface area contributed by atoms with E-state index in [2.05, 4.69) is 25.1 Å². The van der Waals surface area contributed by atoms with Crippen LogP contribution in [0.3, 0.4) is 0 Å². The van der Waals surface area contributed by atoms with Gasteiger partial charge in [0.05, 0.1) is 6.61 Å². The molecule has 0 amide bonds. The highest BCUT2D eigenvalue weighted by molar-refractivity contribution is 7.13. The zero-order valence-electron chi connectivity index (χ0n) is 7.99. The standard InChI is InChI=1S/C11H12OS2/c1-8-2-3-9(13-8)6-10-4-5-11(7-12)14-10/h2-5,12H,6-7H2,1H3. The van der Waals surface area contributed by atoms with Gasteiger partial charge < -0.3 is 5.11 Å². The van der Waals surface area contributed by atoms with Gasteiger partial charge in [-0.3, -0.25) is 0 Å². The average Bonchev–Trinajstić information content (AvgIpc) is 2.76. The third-order valence-electron chi connectivity index (χ3n) is 2.02. The summed E-state index contributed by atoms with van der Waals surface area (Å²) in [5, 5.41) is 8.93. The molecule has 0 aliphatic rings. The van der Waals surface area contributed by atoms with Crippen LogP contribution in [-0.2, 0) is 13.0 Å². The maximum Gasteiger partial charge on any atom is 0.0774 e. The number of aryl methyl sites for hydroxylation is 1. The molecular formula is C11H12OS2. The van der Waals surface area contributed by atoms with Gasteiger partial charge in [0.25, 0.3) is 0 Å². The van der Waals surface area contributed by atoms with Crippen LogP contribution >= 0.6 is 22.7 Å². The van der Waals surface area contributed by atoms with Crippen LogP contribution in [0.2, 0.25) is 0 Å². The molecular weight excluding hydrogens is 212 g/mol. The Balaban J connectivity index is 2.10. The molecule has 0 saturated heterocycles. The molecule has 0 radical (unpaired) electrons. The molecule has 0 aliphatic heterocycles. The molecule has 3 heteroatoms. The lowest BCUT2D eigenvalue weighted by Gasteiger charge is -1.91. The molecule has 2 heterocycles. The van der Waals surface area contributed by atoms with Crippen LogP contribution < -0.4 is 0 Å². The second kappa shape index (κ2) is 4.26. The van der Waals surface area contributed by atoms with Crippen LogP contribution in [0.15, 0.2) is 24.3 Å². The van der Waals surface area contributed by atoms with Gasteiger partial charge in [-0.25, -0.2) is 0 Å². The Labute approximate surface area is 91.7 Å². The van der Waals surface area contributed by atoms with Crippen molar-refractivity contribution in [1.82, 2.24) is 0 Å². The molecule has 0 bridgehead atoms. The Morgan fingerprint density at radius 1 is 1.00 bits per heavy atom. The SMILES string of the molecule is Cc1ccc(Cc2ccc(CO)s2)s1. The number of aliphatic hydroxyl groups is 1. The molecule has 14 heavy (non-hydrogen) atoms. The summed E-state index contributed by atoms with van der Waals surface area (Å²) in [7, 11) is 0. The van der Waals surface area contributed by atoms with E-state index in [9.17, 15) is 0 Å². The van der Waals surface area contributed by atoms with Gasteiger partial charge in [-0.1, -0.05) is 0 Å². The van der Waals surface area contributed by atoms with Crippen molar-refractivity contribution in [3.05, 3.63) is 43.8 Å². The summed E-state index contributed by atoms with van der Waals surface area (Å²) in [6, 6.07) is 8.44. The van der Waals surface area contributed by atoms with E-state index < -0.39 is 0 Å². The number of hydrogen-bond donors (Lipinski definition) is 1. The van der Waals surface area contributed by atoms with Crippen molar-refractivity contribution in [2.24, 2.45) is 0 Å². The van der Waals surface area contributed by atoms with Crippen LogP contribution in [0.4, 0.5) is 0 Å². The Bertz CT molecular complexity index is 414. The Kier molecular flexibility index (Phi) is 3.01. The second-order valence-corrected chi connectivity index (χ2v) is 5.84. The van der Waals surface area contributed by atoms with Crippen LogP contribution in [0.5, 0.6) is 0 Å². The summed E-state index contributed by atoms with van der Waals surface area (Å²) in [5.74, 6) is 0. The van der Waals surface area contributed by atoms with E-state index >= 15 is 0 Å². The van der Waals surface area contributed by atoms with Gasteiger partial charge in [0.15, 0.2) is 0 Å². The summed E-state index contributed by atoms with van der Waals surface area (Å²) >= 11 is 3.54. The number of hydrogen-bond acceptors (Lipinski definition) is 3. The molecule has 0 aliphatic carbocycles. The van der Waals surface area contributed by atoms with Gasteiger partial charge in [0, 0.05) is 25.9 Å². The van der Waals surface area contributed by atoms with Crippen molar-refractivity contribution >= 4 is 22.7 Å². The van der Waals surface area contributed by atoms with Gasteiger partial charge in [0.1, 0.15) is 0 Å². The van der Waals surface area contributed by atoms with Gasteiger partial charge >= 0.3 is 0 Å². The van der Waals surface area contributed by atoms with Crippen LogP contribution in [0, 0.1) is 6.92 Å². The topological polar surface area (TPSA) is 20.2 Å². The van der Waals surface area contributed by atoms with E-state index in [4.69, 9.17) is 5.11 Å². The van der Waals surface area contributed by atoms with E-state index in [-0.39, 0.29) is 6.61 Å². The fourth-order valence-electron chi connectivity index (χ4n) is 1.35. The van der Waals surface area contributed by atoms with Gasteiger partial charge in [-0.15, -0.1) is 22.7 Å². The maximum absolute atomic E-state index is 8.93. The van der Waals surface area contributed by atoms with Gasteiger partial charge in [-0.05, 0) is 31.2 Å². The summed E-state index contributed by atoms with van der Waals surface area (Å²) in [4.78, 5) is 5.14. The van der Waals surface area contributed by atoms with Crippen molar-refractivity contribution in [3.8, 4) is 0 Å². The fourth-order valence-corrected chi connectivity index (χ4v) is 3.26. The summed E-state index contributed by atoms with van der Waals surface area (Å²) < 4.78 is 0. The summed E-state index contributed by atoms with van der Waals surface area (Å²) in [5.41, 5.74) is 0. The smallest absolute Gasteiger partial charge is 0.0774 e. The lowest BCUT2D eigenvalue weighted by molar-refractivity contribution is 0.285. The number of thiophene rings is 2. The zero-order valence-corrected chi connectivity index (χ0v) is 9.62. The third-order valence-corrected chi connectivity index (χ3v) is 4.09. The molecule has 1 N–H and O–H groups in total. The van der Waals surface area contributed by atoms with E-state index in [0.717, 1.165) is 11.3 Å². The van der Waals surface area contributed by atoms with Crippen molar-refractivity contribution in [3.63, 3.8) is 0 Å². The quantitative estimate of drug-likeness (QED) is 0.849. The number of rotatable bonds is 3. The number of aliphatic hydroxyl groups excluding tert-OH is 1. The molecule has 0 saturated carbocycles. The molecule has 1 nitrogen and oxygen atoms in total. The molecule has 0 spiro atoms. The minimum atomic E-state index is 0.161. The lowest BCUT2D eigenvalue weighted by atomic mass is 10.3. The van der Waals surface area contributed by atoms with E-state index in [1.54, 1.807) is 11.3 Å². The van der Waals surface area contributed by atoms with Crippen LogP contribution in [-0.4, -0.2) is 5.11 Å².